The van der Waals surface area contributed by atoms with Crippen LogP contribution in [-0.2, 0) is 4.79 Å². The van der Waals surface area contributed by atoms with Crippen molar-refractivity contribution in [2.75, 3.05) is 25.2 Å². The fourth-order valence-electron chi connectivity index (χ4n) is 2.71. The molecule has 0 aromatic heterocycles. The highest BCUT2D eigenvalue weighted by molar-refractivity contribution is 7.98. The van der Waals surface area contributed by atoms with E-state index in [2.05, 4.69) is 10.6 Å². The third-order valence-corrected chi connectivity index (χ3v) is 5.54. The molecule has 9 heteroatoms. The Labute approximate surface area is 196 Å². The van der Waals surface area contributed by atoms with E-state index in [-0.39, 0.29) is 29.6 Å². The molecule has 6 nitrogen and oxygen atoms in total. The lowest BCUT2D eigenvalue weighted by atomic mass is 10.1. The van der Waals surface area contributed by atoms with Crippen LogP contribution in [-0.4, -0.2) is 54.2 Å². The van der Waals surface area contributed by atoms with Gasteiger partial charge in [0.15, 0.2) is 0 Å². The lowest BCUT2D eigenvalue weighted by molar-refractivity contribution is -0.123. The average Bonchev–Trinajstić information content (AvgIpc) is 2.73. The number of carbonyl (C=O) groups is 2. The number of carbonyl (C=O) groups excluding carboxylic acids is 2. The lowest BCUT2D eigenvalue weighted by Crippen LogP contribution is -2.49. The van der Waals surface area contributed by atoms with Crippen molar-refractivity contribution < 1.29 is 19.4 Å². The number of halogens is 2. The Hall–Kier alpha value is -1.93. The Balaban J connectivity index is 1.90. The van der Waals surface area contributed by atoms with E-state index in [0.29, 0.717) is 22.9 Å². The van der Waals surface area contributed by atoms with Gasteiger partial charge in [0.2, 0.25) is 5.91 Å². The molecule has 0 aliphatic carbocycles. The molecule has 0 saturated heterocycles. The third kappa shape index (κ3) is 8.61. The van der Waals surface area contributed by atoms with Crippen LogP contribution >= 0.6 is 35.0 Å². The normalized spacial score (nSPS) is 12.7. The summed E-state index contributed by atoms with van der Waals surface area (Å²) in [4.78, 5) is 25.2. The Morgan fingerprint density at radius 3 is 2.65 bits per heavy atom. The first-order chi connectivity index (χ1) is 14.8. The maximum atomic E-state index is 12.6. The second-order valence-corrected chi connectivity index (χ2v) is 8.79. The predicted molar refractivity (Wildman–Crippen MR) is 126 cm³/mol. The molecule has 2 aromatic carbocycles. The third-order valence-electron chi connectivity index (χ3n) is 4.35. The minimum atomic E-state index is -0.896. The van der Waals surface area contributed by atoms with Crippen molar-refractivity contribution in [2.45, 2.75) is 25.5 Å². The summed E-state index contributed by atoms with van der Waals surface area (Å²) < 4.78 is 5.55. The summed E-state index contributed by atoms with van der Waals surface area (Å²) in [6.07, 6.45) is 1.45. The first-order valence-corrected chi connectivity index (χ1v) is 11.8. The summed E-state index contributed by atoms with van der Waals surface area (Å²) in [7, 11) is 0. The molecular weight excluding hydrogens is 459 g/mol. The smallest absolute Gasteiger partial charge is 0.253 e. The van der Waals surface area contributed by atoms with E-state index in [9.17, 15) is 14.7 Å². The van der Waals surface area contributed by atoms with E-state index in [4.69, 9.17) is 27.9 Å². The molecule has 0 bridgehead atoms. The molecule has 2 rings (SSSR count). The number of hydrogen-bond donors (Lipinski definition) is 3. The number of rotatable bonds is 11. The van der Waals surface area contributed by atoms with Crippen LogP contribution < -0.4 is 15.4 Å². The van der Waals surface area contributed by atoms with Crippen LogP contribution in [0.1, 0.15) is 22.3 Å². The van der Waals surface area contributed by atoms with Crippen LogP contribution in [0.25, 0.3) is 0 Å². The molecule has 0 fully saturated rings. The number of hydrogen-bond acceptors (Lipinski definition) is 5. The highest BCUT2D eigenvalue weighted by Gasteiger charge is 2.23. The summed E-state index contributed by atoms with van der Waals surface area (Å²) in [5, 5.41) is 16.2. The van der Waals surface area contributed by atoms with Crippen molar-refractivity contribution in [3.63, 3.8) is 0 Å². The van der Waals surface area contributed by atoms with E-state index < -0.39 is 18.1 Å². The maximum Gasteiger partial charge on any atom is 0.253 e. The average molecular weight is 485 g/mol. The van der Waals surface area contributed by atoms with Crippen molar-refractivity contribution in [1.82, 2.24) is 10.6 Å². The predicted octanol–water partition coefficient (Wildman–Crippen LogP) is 3.71. The Kier molecular flexibility index (Phi) is 10.5. The number of benzene rings is 2. The molecule has 168 valence electrons. The number of aliphatic hydroxyl groups excluding tert-OH is 1. The first kappa shape index (κ1) is 25.3. The number of nitrogens with one attached hydrogen (secondary N) is 2. The number of amides is 2. The molecule has 0 radical (unpaired) electrons. The SMILES string of the molecule is CSCCC(NC(=O)c1ccc(Cl)cc1Cl)C(=O)NCC(O)COc1cccc(C)c1. The molecule has 2 atom stereocenters. The Bertz CT molecular complexity index is 898. The molecule has 0 aliphatic rings. The highest BCUT2D eigenvalue weighted by atomic mass is 35.5. The zero-order valence-corrected chi connectivity index (χ0v) is 19.7. The zero-order valence-electron chi connectivity index (χ0n) is 17.4. The van der Waals surface area contributed by atoms with Gasteiger partial charge < -0.3 is 20.5 Å². The van der Waals surface area contributed by atoms with Gasteiger partial charge in [0, 0.05) is 11.6 Å². The van der Waals surface area contributed by atoms with Crippen LogP contribution in [0.15, 0.2) is 42.5 Å². The molecule has 3 N–H and O–H groups in total. The van der Waals surface area contributed by atoms with E-state index in [1.807, 2.05) is 31.4 Å². The van der Waals surface area contributed by atoms with Crippen LogP contribution in [0.3, 0.4) is 0 Å². The second-order valence-electron chi connectivity index (χ2n) is 6.96. The van der Waals surface area contributed by atoms with Crippen molar-refractivity contribution >= 4 is 46.8 Å². The van der Waals surface area contributed by atoms with Crippen LogP contribution in [0.4, 0.5) is 0 Å². The van der Waals surface area contributed by atoms with Crippen molar-refractivity contribution in [3.8, 4) is 5.75 Å². The molecule has 2 unspecified atom stereocenters. The van der Waals surface area contributed by atoms with Crippen molar-refractivity contribution in [1.29, 1.82) is 0 Å². The largest absolute Gasteiger partial charge is 0.491 e. The summed E-state index contributed by atoms with van der Waals surface area (Å²) in [5.41, 5.74) is 1.29. The summed E-state index contributed by atoms with van der Waals surface area (Å²) in [6, 6.07) is 11.3. The highest BCUT2D eigenvalue weighted by Crippen LogP contribution is 2.21. The summed E-state index contributed by atoms with van der Waals surface area (Å²) in [6.45, 7) is 1.98. The van der Waals surface area contributed by atoms with Gasteiger partial charge >= 0.3 is 0 Å². The number of thioether (sulfide) groups is 1. The van der Waals surface area contributed by atoms with Crippen LogP contribution in [0.2, 0.25) is 10.0 Å². The maximum absolute atomic E-state index is 12.6. The molecule has 0 saturated carbocycles. The van der Waals surface area contributed by atoms with Crippen molar-refractivity contribution in [3.05, 3.63) is 63.6 Å². The molecule has 0 heterocycles. The summed E-state index contributed by atoms with van der Waals surface area (Å²) in [5.74, 6) is 0.467. The van der Waals surface area contributed by atoms with E-state index >= 15 is 0 Å². The molecule has 31 heavy (non-hydrogen) atoms. The van der Waals surface area contributed by atoms with Gasteiger partial charge in [-0.25, -0.2) is 0 Å². The van der Waals surface area contributed by atoms with Gasteiger partial charge in [0.25, 0.3) is 5.91 Å². The lowest BCUT2D eigenvalue weighted by Gasteiger charge is -2.20. The first-order valence-electron chi connectivity index (χ1n) is 9.70. The summed E-state index contributed by atoms with van der Waals surface area (Å²) >= 11 is 13.5. The number of ether oxygens (including phenoxy) is 1. The minimum Gasteiger partial charge on any atom is -0.491 e. The Morgan fingerprint density at radius 1 is 1.19 bits per heavy atom. The molecule has 0 aliphatic heterocycles. The van der Waals surface area contributed by atoms with Crippen LogP contribution in [0.5, 0.6) is 5.75 Å². The monoisotopic (exact) mass is 484 g/mol. The fraction of sp³-hybridized carbons (Fsp3) is 0.364. The Morgan fingerprint density at radius 2 is 1.97 bits per heavy atom. The minimum absolute atomic E-state index is 0.00200. The van der Waals surface area contributed by atoms with Gasteiger partial charge in [-0.05, 0) is 61.2 Å². The van der Waals surface area contributed by atoms with Gasteiger partial charge in [-0.3, -0.25) is 9.59 Å². The van der Waals surface area contributed by atoms with Gasteiger partial charge in [0.05, 0.1) is 10.6 Å². The van der Waals surface area contributed by atoms with E-state index in [0.717, 1.165) is 5.56 Å². The molecule has 2 amide bonds. The van der Waals surface area contributed by atoms with E-state index in [1.165, 1.54) is 12.1 Å². The zero-order chi connectivity index (χ0) is 22.8. The van der Waals surface area contributed by atoms with Crippen molar-refractivity contribution in [2.24, 2.45) is 0 Å². The number of aliphatic hydroxyl groups is 1. The van der Waals surface area contributed by atoms with Gasteiger partial charge in [-0.2, -0.15) is 11.8 Å². The fourth-order valence-corrected chi connectivity index (χ4v) is 3.68. The van der Waals surface area contributed by atoms with Gasteiger partial charge in [-0.15, -0.1) is 0 Å². The molecule has 2 aromatic rings. The number of aryl methyl sites for hydroxylation is 1. The van der Waals surface area contributed by atoms with Gasteiger partial charge in [-0.1, -0.05) is 35.3 Å². The molecular formula is C22H26Cl2N2O4S. The van der Waals surface area contributed by atoms with Gasteiger partial charge in [0.1, 0.15) is 24.5 Å². The molecule has 0 spiro atoms. The standard InChI is InChI=1S/C22H26Cl2N2O4S/c1-14-4-3-5-17(10-14)30-13-16(27)12-25-22(29)20(8-9-31-2)26-21(28)18-7-6-15(23)11-19(18)24/h3-7,10-11,16,20,27H,8-9,12-13H2,1-2H3,(H,25,29)(H,26,28). The van der Waals surface area contributed by atoms with Crippen LogP contribution in [0, 0.1) is 6.92 Å². The quantitative estimate of drug-likeness (QED) is 0.452. The van der Waals surface area contributed by atoms with E-state index in [1.54, 1.807) is 23.9 Å². The topological polar surface area (TPSA) is 87.7 Å². The second kappa shape index (κ2) is 12.8.